The van der Waals surface area contributed by atoms with E-state index in [-0.39, 0.29) is 24.0 Å². The Morgan fingerprint density at radius 3 is 2.75 bits per heavy atom. The summed E-state index contributed by atoms with van der Waals surface area (Å²) in [6.45, 7) is 3.38. The van der Waals surface area contributed by atoms with Crippen molar-refractivity contribution in [3.63, 3.8) is 0 Å². The fraction of sp³-hybridized carbons (Fsp3) is 0.348. The number of halogens is 1. The Kier molecular flexibility index (Phi) is 4.41. The van der Waals surface area contributed by atoms with Crippen molar-refractivity contribution in [1.29, 1.82) is 0 Å². The number of carbonyl (C=O) groups excluding carboxylic acids is 1. The summed E-state index contributed by atoms with van der Waals surface area (Å²) in [6, 6.07) is 16.3. The number of fused-ring (bicyclic) bond motifs is 3. The van der Waals surface area contributed by atoms with Crippen molar-refractivity contribution in [2.24, 2.45) is 0 Å². The van der Waals surface area contributed by atoms with Crippen LogP contribution < -0.4 is 0 Å². The van der Waals surface area contributed by atoms with Crippen molar-refractivity contribution >= 4 is 28.4 Å². The minimum Gasteiger partial charge on any atom is -0.368 e. The van der Waals surface area contributed by atoms with E-state index in [0.717, 1.165) is 34.6 Å². The number of nitrogens with one attached hydrogen (secondary N) is 1. The molecule has 144 valence electrons. The zero-order chi connectivity index (χ0) is 19.3. The molecule has 2 aliphatic heterocycles. The smallest absolute Gasteiger partial charge is 0.252 e. The first kappa shape index (κ1) is 17.8. The number of aromatic amines is 1. The summed E-state index contributed by atoms with van der Waals surface area (Å²) in [4.78, 5) is 18.8. The molecule has 5 rings (SSSR count). The number of hydrogen-bond acceptors (Lipinski definition) is 2. The SMILES string of the molecule is C[C@@H]1c2[nH]c3ccccc3c2[C@H](c2ccccc2Cl)CN1C(=O)[C@@H]1CCCO1. The van der Waals surface area contributed by atoms with Gasteiger partial charge in [-0.3, -0.25) is 4.79 Å². The number of amides is 1. The van der Waals surface area contributed by atoms with Gasteiger partial charge in [0.1, 0.15) is 6.10 Å². The first-order chi connectivity index (χ1) is 13.6. The number of aromatic nitrogens is 1. The first-order valence-electron chi connectivity index (χ1n) is 9.92. The van der Waals surface area contributed by atoms with Crippen molar-refractivity contribution in [2.75, 3.05) is 13.2 Å². The maximum absolute atomic E-state index is 13.3. The van der Waals surface area contributed by atoms with E-state index >= 15 is 0 Å². The Morgan fingerprint density at radius 2 is 1.96 bits per heavy atom. The number of ether oxygens (including phenoxy) is 1. The monoisotopic (exact) mass is 394 g/mol. The van der Waals surface area contributed by atoms with E-state index in [0.29, 0.717) is 13.2 Å². The molecule has 0 spiro atoms. The molecule has 0 aliphatic carbocycles. The van der Waals surface area contributed by atoms with E-state index in [4.69, 9.17) is 16.3 Å². The van der Waals surface area contributed by atoms with Crippen LogP contribution in [0.4, 0.5) is 0 Å². The molecule has 2 aromatic carbocycles. The molecule has 1 N–H and O–H groups in total. The van der Waals surface area contributed by atoms with Gasteiger partial charge in [-0.1, -0.05) is 48.0 Å². The zero-order valence-corrected chi connectivity index (χ0v) is 16.6. The van der Waals surface area contributed by atoms with Crippen molar-refractivity contribution < 1.29 is 9.53 Å². The number of hydrogen-bond donors (Lipinski definition) is 1. The second-order valence-corrected chi connectivity index (χ2v) is 8.15. The second-order valence-electron chi connectivity index (χ2n) is 7.74. The Labute approximate surface area is 169 Å². The number of rotatable bonds is 2. The van der Waals surface area contributed by atoms with Gasteiger partial charge in [-0.25, -0.2) is 0 Å². The van der Waals surface area contributed by atoms with E-state index in [1.165, 1.54) is 10.9 Å². The third kappa shape index (κ3) is 2.75. The normalized spacial score (nSPS) is 24.5. The Hall–Kier alpha value is -2.30. The highest BCUT2D eigenvalue weighted by atomic mass is 35.5. The lowest BCUT2D eigenvalue weighted by Gasteiger charge is -2.39. The highest BCUT2D eigenvalue weighted by Gasteiger charge is 2.40. The molecule has 2 aliphatic rings. The topological polar surface area (TPSA) is 45.3 Å². The molecule has 3 atom stereocenters. The predicted molar refractivity (Wildman–Crippen MR) is 111 cm³/mol. The molecule has 3 heterocycles. The molecule has 1 saturated heterocycles. The van der Waals surface area contributed by atoms with Gasteiger partial charge in [0.25, 0.3) is 5.91 Å². The highest BCUT2D eigenvalue weighted by molar-refractivity contribution is 6.31. The molecule has 28 heavy (non-hydrogen) atoms. The summed E-state index contributed by atoms with van der Waals surface area (Å²) in [6.07, 6.45) is 1.43. The molecule has 0 unspecified atom stereocenters. The van der Waals surface area contributed by atoms with E-state index in [1.54, 1.807) is 0 Å². The molecule has 1 fully saturated rings. The van der Waals surface area contributed by atoms with Crippen LogP contribution in [0.25, 0.3) is 10.9 Å². The van der Waals surface area contributed by atoms with Gasteiger partial charge in [-0.15, -0.1) is 0 Å². The summed E-state index contributed by atoms with van der Waals surface area (Å²) >= 11 is 6.59. The molecule has 3 aromatic rings. The van der Waals surface area contributed by atoms with Crippen LogP contribution in [0.15, 0.2) is 48.5 Å². The maximum atomic E-state index is 13.3. The number of carbonyl (C=O) groups is 1. The van der Waals surface area contributed by atoms with Gasteiger partial charge in [0.15, 0.2) is 0 Å². The molecular formula is C23H23ClN2O2. The number of H-pyrrole nitrogens is 1. The lowest BCUT2D eigenvalue weighted by Crippen LogP contribution is -2.45. The number of benzene rings is 2. The van der Waals surface area contributed by atoms with Gasteiger partial charge < -0.3 is 14.6 Å². The third-order valence-electron chi connectivity index (χ3n) is 6.16. The fourth-order valence-corrected chi connectivity index (χ4v) is 5.01. The zero-order valence-electron chi connectivity index (χ0n) is 15.8. The molecule has 0 bridgehead atoms. The van der Waals surface area contributed by atoms with Crippen molar-refractivity contribution in [1.82, 2.24) is 9.88 Å². The van der Waals surface area contributed by atoms with Crippen LogP contribution in [-0.4, -0.2) is 35.0 Å². The largest absolute Gasteiger partial charge is 0.368 e. The average molecular weight is 395 g/mol. The minimum atomic E-state index is -0.319. The van der Waals surface area contributed by atoms with Crippen molar-refractivity contribution in [2.45, 2.75) is 37.8 Å². The van der Waals surface area contributed by atoms with Gasteiger partial charge in [0.2, 0.25) is 0 Å². The van der Waals surface area contributed by atoms with E-state index in [2.05, 4.69) is 36.2 Å². The summed E-state index contributed by atoms with van der Waals surface area (Å²) in [5, 5.41) is 1.95. The molecule has 1 amide bonds. The van der Waals surface area contributed by atoms with Crippen LogP contribution in [0, 0.1) is 0 Å². The van der Waals surface area contributed by atoms with Crippen LogP contribution in [0.3, 0.4) is 0 Å². The van der Waals surface area contributed by atoms with Gasteiger partial charge >= 0.3 is 0 Å². The molecule has 4 nitrogen and oxygen atoms in total. The third-order valence-corrected chi connectivity index (χ3v) is 6.50. The summed E-state index contributed by atoms with van der Waals surface area (Å²) in [5.41, 5.74) is 4.52. The first-order valence-corrected chi connectivity index (χ1v) is 10.3. The van der Waals surface area contributed by atoms with Gasteiger partial charge in [0.05, 0.1) is 6.04 Å². The predicted octanol–water partition coefficient (Wildman–Crippen LogP) is 5.04. The van der Waals surface area contributed by atoms with Crippen molar-refractivity contribution in [3.8, 4) is 0 Å². The van der Waals surface area contributed by atoms with E-state index in [1.807, 2.05) is 29.2 Å². The molecular weight excluding hydrogens is 372 g/mol. The van der Waals surface area contributed by atoms with Gasteiger partial charge in [-0.05, 0) is 43.0 Å². The maximum Gasteiger partial charge on any atom is 0.252 e. The van der Waals surface area contributed by atoms with E-state index < -0.39 is 0 Å². The molecule has 5 heteroatoms. The fourth-order valence-electron chi connectivity index (χ4n) is 4.74. The standard InChI is InChI=1S/C23H23ClN2O2/c1-14-22-21(16-8-3-5-10-19(16)25-22)17(15-7-2-4-9-18(15)24)13-26(14)23(27)20-11-6-12-28-20/h2-5,7-10,14,17,20,25H,6,11-13H2,1H3/t14-,17+,20+/m1/s1. The van der Waals surface area contributed by atoms with Crippen molar-refractivity contribution in [3.05, 3.63) is 70.4 Å². The lowest BCUT2D eigenvalue weighted by atomic mass is 9.83. The minimum absolute atomic E-state index is 0.0291. The molecule has 1 aromatic heterocycles. The van der Waals surface area contributed by atoms with Gasteiger partial charge in [0, 0.05) is 40.7 Å². The van der Waals surface area contributed by atoms with Crippen LogP contribution in [0.2, 0.25) is 5.02 Å². The summed E-state index contributed by atoms with van der Waals surface area (Å²) < 4.78 is 5.70. The van der Waals surface area contributed by atoms with Crippen LogP contribution in [0.5, 0.6) is 0 Å². The Balaban J connectivity index is 1.66. The number of para-hydroxylation sites is 1. The van der Waals surface area contributed by atoms with Gasteiger partial charge in [-0.2, -0.15) is 0 Å². The van der Waals surface area contributed by atoms with Crippen LogP contribution in [0.1, 0.15) is 48.5 Å². The quantitative estimate of drug-likeness (QED) is 0.662. The second kappa shape index (κ2) is 6.94. The molecule has 0 radical (unpaired) electrons. The highest BCUT2D eigenvalue weighted by Crippen LogP contribution is 2.45. The Bertz CT molecular complexity index is 1040. The summed E-state index contributed by atoms with van der Waals surface area (Å²) in [7, 11) is 0. The Morgan fingerprint density at radius 1 is 1.18 bits per heavy atom. The molecule has 0 saturated carbocycles. The summed E-state index contributed by atoms with van der Waals surface area (Å²) in [5.74, 6) is 0.118. The number of nitrogens with zero attached hydrogens (tertiary/aromatic N) is 1. The van der Waals surface area contributed by atoms with Crippen LogP contribution >= 0.6 is 11.6 Å². The lowest BCUT2D eigenvalue weighted by molar-refractivity contribution is -0.144. The average Bonchev–Trinajstić information content (AvgIpc) is 3.37. The van der Waals surface area contributed by atoms with E-state index in [9.17, 15) is 4.79 Å². The van der Waals surface area contributed by atoms with Crippen LogP contribution in [-0.2, 0) is 9.53 Å².